The first-order valence-electron chi connectivity index (χ1n) is 8.62. The minimum absolute atomic E-state index is 0.000104. The van der Waals surface area contributed by atoms with Gasteiger partial charge in [0.25, 0.3) is 0 Å². The molecule has 4 aliphatic carbocycles. The highest BCUT2D eigenvalue weighted by molar-refractivity contribution is 5.88. The third kappa shape index (κ3) is 2.27. The average molecular weight is 290 g/mol. The topological polar surface area (TPSA) is 49.4 Å². The van der Waals surface area contributed by atoms with Crippen LogP contribution < -0.4 is 5.32 Å². The molecule has 21 heavy (non-hydrogen) atoms. The van der Waals surface area contributed by atoms with E-state index in [-0.39, 0.29) is 23.3 Å². The SMILES string of the molecule is CC1C(=O)NCCN1C(=O)CC12CC3CC(CC(C3)C1)C2. The summed E-state index contributed by atoms with van der Waals surface area (Å²) < 4.78 is 0. The molecule has 5 fully saturated rings. The van der Waals surface area contributed by atoms with Crippen molar-refractivity contribution in [3.05, 3.63) is 0 Å². The third-order valence-electron chi connectivity index (χ3n) is 6.51. The molecule has 1 saturated heterocycles. The standard InChI is InChI=1S/C17H26N2O2/c1-11-16(21)18-2-3-19(11)15(20)10-17-7-12-4-13(8-17)6-14(5-12)9-17/h11-14H,2-10H2,1H3,(H,18,21). The van der Waals surface area contributed by atoms with Crippen LogP contribution in [-0.2, 0) is 9.59 Å². The Morgan fingerprint density at radius 2 is 1.76 bits per heavy atom. The van der Waals surface area contributed by atoms with Gasteiger partial charge in [-0.15, -0.1) is 0 Å². The Balaban J connectivity index is 1.48. The molecule has 1 heterocycles. The van der Waals surface area contributed by atoms with E-state index in [0.29, 0.717) is 19.5 Å². The number of piperazine rings is 1. The number of nitrogens with zero attached hydrogens (tertiary/aromatic N) is 1. The lowest BCUT2D eigenvalue weighted by molar-refractivity contribution is -0.148. The molecule has 2 amide bonds. The molecule has 0 aromatic rings. The number of nitrogens with one attached hydrogen (secondary N) is 1. The highest BCUT2D eigenvalue weighted by Crippen LogP contribution is 2.61. The van der Waals surface area contributed by atoms with Crippen LogP contribution in [0.25, 0.3) is 0 Å². The Hall–Kier alpha value is -1.06. The Morgan fingerprint density at radius 3 is 2.33 bits per heavy atom. The second kappa shape index (κ2) is 4.72. The number of amides is 2. The van der Waals surface area contributed by atoms with Crippen molar-refractivity contribution in [2.24, 2.45) is 23.2 Å². The normalized spacial score (nSPS) is 44.8. The molecule has 1 unspecified atom stereocenters. The highest BCUT2D eigenvalue weighted by Gasteiger charge is 2.52. The number of carbonyl (C=O) groups is 2. The van der Waals surface area contributed by atoms with Gasteiger partial charge in [0.15, 0.2) is 0 Å². The molecule has 5 aliphatic rings. The van der Waals surface area contributed by atoms with Crippen LogP contribution in [0.2, 0.25) is 0 Å². The van der Waals surface area contributed by atoms with Gasteiger partial charge in [0.2, 0.25) is 11.8 Å². The van der Waals surface area contributed by atoms with Gasteiger partial charge in [0, 0.05) is 19.5 Å². The number of rotatable bonds is 2. The predicted octanol–water partition coefficient (Wildman–Crippen LogP) is 1.94. The third-order valence-corrected chi connectivity index (χ3v) is 6.51. The molecule has 4 heteroatoms. The predicted molar refractivity (Wildman–Crippen MR) is 79.4 cm³/mol. The lowest BCUT2D eigenvalue weighted by Gasteiger charge is -2.57. The Kier molecular flexibility index (Phi) is 3.05. The molecule has 116 valence electrons. The first-order chi connectivity index (χ1) is 10.0. The molecular formula is C17H26N2O2. The van der Waals surface area contributed by atoms with Crippen molar-refractivity contribution in [2.45, 2.75) is 57.9 Å². The van der Waals surface area contributed by atoms with E-state index in [4.69, 9.17) is 0 Å². The van der Waals surface area contributed by atoms with Gasteiger partial charge >= 0.3 is 0 Å². The second-order valence-electron chi connectivity index (χ2n) is 8.15. The first-order valence-corrected chi connectivity index (χ1v) is 8.62. The quantitative estimate of drug-likeness (QED) is 0.845. The van der Waals surface area contributed by atoms with Gasteiger partial charge in [0.1, 0.15) is 6.04 Å². The molecule has 0 aromatic carbocycles. The number of hydrogen-bond donors (Lipinski definition) is 1. The molecule has 4 nitrogen and oxygen atoms in total. The fraction of sp³-hybridized carbons (Fsp3) is 0.882. The van der Waals surface area contributed by atoms with Crippen molar-refractivity contribution in [3.8, 4) is 0 Å². The monoisotopic (exact) mass is 290 g/mol. The molecule has 0 spiro atoms. The molecule has 5 rings (SSSR count). The second-order valence-corrected chi connectivity index (χ2v) is 8.15. The minimum atomic E-state index is -0.292. The smallest absolute Gasteiger partial charge is 0.242 e. The van der Waals surface area contributed by atoms with Crippen LogP contribution in [0.1, 0.15) is 51.9 Å². The summed E-state index contributed by atoms with van der Waals surface area (Å²) in [5, 5.41) is 2.84. The Morgan fingerprint density at radius 1 is 1.19 bits per heavy atom. The van der Waals surface area contributed by atoms with E-state index >= 15 is 0 Å². The van der Waals surface area contributed by atoms with E-state index in [1.165, 1.54) is 38.5 Å². The van der Waals surface area contributed by atoms with Crippen LogP contribution >= 0.6 is 0 Å². The summed E-state index contributed by atoms with van der Waals surface area (Å²) in [4.78, 5) is 26.4. The molecule has 1 N–H and O–H groups in total. The molecule has 0 aromatic heterocycles. The largest absolute Gasteiger partial charge is 0.353 e. The first kappa shape index (κ1) is 13.6. The maximum absolute atomic E-state index is 12.8. The van der Waals surface area contributed by atoms with E-state index in [1.807, 2.05) is 11.8 Å². The van der Waals surface area contributed by atoms with Crippen LogP contribution in [0.3, 0.4) is 0 Å². The van der Waals surface area contributed by atoms with E-state index in [0.717, 1.165) is 17.8 Å². The number of carbonyl (C=O) groups excluding carboxylic acids is 2. The van der Waals surface area contributed by atoms with Crippen molar-refractivity contribution in [1.29, 1.82) is 0 Å². The minimum Gasteiger partial charge on any atom is -0.353 e. The van der Waals surface area contributed by atoms with Gasteiger partial charge in [-0.3, -0.25) is 9.59 Å². The van der Waals surface area contributed by atoms with Crippen LogP contribution in [-0.4, -0.2) is 35.8 Å². The van der Waals surface area contributed by atoms with Gasteiger partial charge in [-0.05, 0) is 68.6 Å². The van der Waals surface area contributed by atoms with Crippen molar-refractivity contribution in [1.82, 2.24) is 10.2 Å². The van der Waals surface area contributed by atoms with Crippen LogP contribution in [0.15, 0.2) is 0 Å². The van der Waals surface area contributed by atoms with Gasteiger partial charge in [0.05, 0.1) is 0 Å². The van der Waals surface area contributed by atoms with E-state index < -0.39 is 0 Å². The molecular weight excluding hydrogens is 264 g/mol. The zero-order valence-electron chi connectivity index (χ0n) is 12.9. The van der Waals surface area contributed by atoms with Gasteiger partial charge < -0.3 is 10.2 Å². The summed E-state index contributed by atoms with van der Waals surface area (Å²) in [7, 11) is 0. The fourth-order valence-electron chi connectivity index (χ4n) is 6.05. The highest BCUT2D eigenvalue weighted by atomic mass is 16.2. The Labute approximate surface area is 126 Å². The molecule has 4 saturated carbocycles. The number of hydrogen-bond acceptors (Lipinski definition) is 2. The van der Waals surface area contributed by atoms with E-state index in [9.17, 15) is 9.59 Å². The fourth-order valence-corrected chi connectivity index (χ4v) is 6.05. The Bertz CT molecular complexity index is 438. The van der Waals surface area contributed by atoms with Crippen LogP contribution in [0, 0.1) is 23.2 Å². The summed E-state index contributed by atoms with van der Waals surface area (Å²) in [6.07, 6.45) is 8.72. The van der Waals surface area contributed by atoms with Crippen molar-refractivity contribution in [3.63, 3.8) is 0 Å². The van der Waals surface area contributed by atoms with Gasteiger partial charge in [-0.2, -0.15) is 0 Å². The van der Waals surface area contributed by atoms with Crippen LogP contribution in [0.4, 0.5) is 0 Å². The molecule has 1 aliphatic heterocycles. The van der Waals surface area contributed by atoms with Gasteiger partial charge in [-0.25, -0.2) is 0 Å². The summed E-state index contributed by atoms with van der Waals surface area (Å²) in [5.74, 6) is 2.86. The van der Waals surface area contributed by atoms with Crippen LogP contribution in [0.5, 0.6) is 0 Å². The van der Waals surface area contributed by atoms with E-state index in [1.54, 1.807) is 0 Å². The maximum atomic E-state index is 12.8. The summed E-state index contributed by atoms with van der Waals surface area (Å²) in [6.45, 7) is 3.14. The molecule has 4 bridgehead atoms. The van der Waals surface area contributed by atoms with Gasteiger partial charge in [-0.1, -0.05) is 0 Å². The van der Waals surface area contributed by atoms with E-state index in [2.05, 4.69) is 5.32 Å². The van der Waals surface area contributed by atoms with Crippen molar-refractivity contribution < 1.29 is 9.59 Å². The summed E-state index contributed by atoms with van der Waals surface area (Å²) in [5.41, 5.74) is 0.277. The zero-order valence-corrected chi connectivity index (χ0v) is 12.9. The summed E-state index contributed by atoms with van der Waals surface area (Å²) in [6, 6.07) is -0.292. The molecule has 1 atom stereocenters. The molecule has 0 radical (unpaired) electrons. The van der Waals surface area contributed by atoms with Crippen molar-refractivity contribution in [2.75, 3.05) is 13.1 Å². The zero-order chi connectivity index (χ0) is 14.6. The lowest BCUT2D eigenvalue weighted by atomic mass is 9.49. The van der Waals surface area contributed by atoms with Crippen molar-refractivity contribution >= 4 is 11.8 Å². The average Bonchev–Trinajstić information content (AvgIpc) is 2.39. The maximum Gasteiger partial charge on any atom is 0.242 e. The summed E-state index contributed by atoms with van der Waals surface area (Å²) >= 11 is 0. The lowest BCUT2D eigenvalue weighted by Crippen LogP contribution is -2.57.